The number of carbonyl (C=O) groups excluding carboxylic acids is 2. The van der Waals surface area contributed by atoms with Gasteiger partial charge in [-0.2, -0.15) is 0 Å². The molecule has 2 aliphatic heterocycles. The number of rotatable bonds is 5. The average Bonchev–Trinajstić information content (AvgIpc) is 3.48. The van der Waals surface area contributed by atoms with Crippen LogP contribution in [0, 0.1) is 5.92 Å². The molecule has 3 atom stereocenters. The fourth-order valence-corrected chi connectivity index (χ4v) is 4.97. The van der Waals surface area contributed by atoms with Crippen molar-refractivity contribution in [1.29, 1.82) is 0 Å². The predicted molar refractivity (Wildman–Crippen MR) is 114 cm³/mol. The summed E-state index contributed by atoms with van der Waals surface area (Å²) >= 11 is 1.55. The third kappa shape index (κ3) is 2.89. The van der Waals surface area contributed by atoms with Gasteiger partial charge < -0.3 is 4.74 Å². The van der Waals surface area contributed by atoms with Gasteiger partial charge in [0, 0.05) is 4.88 Å². The van der Waals surface area contributed by atoms with Crippen LogP contribution in [0.1, 0.15) is 17.8 Å². The molecular formula is C23H20N2O4S. The van der Waals surface area contributed by atoms with Gasteiger partial charge in [-0.15, -0.1) is 11.3 Å². The zero-order valence-electron chi connectivity index (χ0n) is 16.3. The van der Waals surface area contributed by atoms with Crippen molar-refractivity contribution in [3.05, 3.63) is 77.0 Å². The van der Waals surface area contributed by atoms with Crippen LogP contribution in [-0.4, -0.2) is 24.5 Å². The van der Waals surface area contributed by atoms with E-state index in [1.807, 2.05) is 60.8 Å². The molecule has 0 aliphatic carbocycles. The number of hydrogen-bond donors (Lipinski definition) is 0. The zero-order valence-corrected chi connectivity index (χ0v) is 17.1. The summed E-state index contributed by atoms with van der Waals surface area (Å²) in [4.78, 5) is 35.3. The summed E-state index contributed by atoms with van der Waals surface area (Å²) < 4.78 is 5.66. The first kappa shape index (κ1) is 18.8. The van der Waals surface area contributed by atoms with Crippen LogP contribution in [0.15, 0.2) is 72.1 Å². The summed E-state index contributed by atoms with van der Waals surface area (Å²) in [5.74, 6) is -0.758. The number of fused-ring (bicyclic) bond motifs is 1. The first-order chi connectivity index (χ1) is 14.7. The lowest BCUT2D eigenvalue weighted by atomic mass is 9.95. The van der Waals surface area contributed by atoms with Crippen LogP contribution in [0.25, 0.3) is 0 Å². The monoisotopic (exact) mass is 420 g/mol. The molecule has 1 aromatic heterocycles. The largest absolute Gasteiger partial charge is 0.492 e. The highest BCUT2D eigenvalue weighted by Crippen LogP contribution is 2.49. The summed E-state index contributed by atoms with van der Waals surface area (Å²) in [5, 5.41) is 3.68. The molecule has 2 amide bonds. The van der Waals surface area contributed by atoms with Gasteiger partial charge in [0.25, 0.3) is 5.91 Å². The van der Waals surface area contributed by atoms with Gasteiger partial charge in [0.15, 0.2) is 6.10 Å². The molecule has 3 heterocycles. The maximum atomic E-state index is 13.6. The number of thiophene rings is 1. The summed E-state index contributed by atoms with van der Waals surface area (Å²) in [5.41, 5.74) is 1.27. The summed E-state index contributed by atoms with van der Waals surface area (Å²) in [6.07, 6.45) is -0.875. The number of anilines is 2. The van der Waals surface area contributed by atoms with Gasteiger partial charge >= 0.3 is 0 Å². The molecule has 2 aliphatic rings. The van der Waals surface area contributed by atoms with Gasteiger partial charge in [-0.3, -0.25) is 14.4 Å². The van der Waals surface area contributed by atoms with Crippen molar-refractivity contribution < 1.29 is 19.2 Å². The second kappa shape index (κ2) is 7.59. The first-order valence-corrected chi connectivity index (χ1v) is 10.7. The molecule has 3 unspecified atom stereocenters. The lowest BCUT2D eigenvalue weighted by Crippen LogP contribution is -2.37. The maximum Gasteiger partial charge on any atom is 0.266 e. The molecule has 0 N–H and O–H groups in total. The number of hydroxylamine groups is 1. The van der Waals surface area contributed by atoms with Gasteiger partial charge in [0.2, 0.25) is 5.91 Å². The molecule has 152 valence electrons. The molecule has 3 aromatic rings. The minimum atomic E-state index is -0.875. The van der Waals surface area contributed by atoms with Gasteiger partial charge in [0.05, 0.1) is 18.0 Å². The Labute approximate surface area is 178 Å². The number of amides is 2. The van der Waals surface area contributed by atoms with E-state index in [4.69, 9.17) is 9.57 Å². The van der Waals surface area contributed by atoms with E-state index in [1.54, 1.807) is 34.6 Å². The van der Waals surface area contributed by atoms with E-state index in [9.17, 15) is 9.59 Å². The third-order valence-electron chi connectivity index (χ3n) is 5.37. The van der Waals surface area contributed by atoms with Crippen LogP contribution < -0.4 is 14.7 Å². The maximum absolute atomic E-state index is 13.6. The molecular weight excluding hydrogens is 400 g/mol. The fraction of sp³-hybridized carbons (Fsp3) is 0.217. The second-order valence-corrected chi connectivity index (χ2v) is 8.07. The third-order valence-corrected chi connectivity index (χ3v) is 6.31. The van der Waals surface area contributed by atoms with E-state index in [2.05, 4.69) is 0 Å². The van der Waals surface area contributed by atoms with Crippen molar-refractivity contribution in [3.63, 3.8) is 0 Å². The molecule has 0 radical (unpaired) electrons. The number of para-hydroxylation sites is 3. The van der Waals surface area contributed by atoms with Crippen LogP contribution in [0.3, 0.4) is 0 Å². The zero-order chi connectivity index (χ0) is 20.7. The Morgan fingerprint density at radius 2 is 1.73 bits per heavy atom. The topological polar surface area (TPSA) is 59.1 Å². The second-order valence-electron chi connectivity index (χ2n) is 7.09. The van der Waals surface area contributed by atoms with E-state index < -0.39 is 12.0 Å². The Morgan fingerprint density at radius 1 is 0.967 bits per heavy atom. The average molecular weight is 420 g/mol. The number of nitrogens with zero attached hydrogens (tertiary/aromatic N) is 2. The smallest absolute Gasteiger partial charge is 0.266 e. The molecule has 0 bridgehead atoms. The molecule has 2 fully saturated rings. The number of hydrogen-bond acceptors (Lipinski definition) is 6. The molecule has 7 heteroatoms. The van der Waals surface area contributed by atoms with Crippen LogP contribution in [-0.2, 0) is 14.4 Å². The quantitative estimate of drug-likeness (QED) is 0.579. The Morgan fingerprint density at radius 3 is 2.47 bits per heavy atom. The summed E-state index contributed by atoms with van der Waals surface area (Å²) in [7, 11) is 0. The summed E-state index contributed by atoms with van der Waals surface area (Å²) in [6, 6.07) is 20.2. The number of carbonyl (C=O) groups is 2. The fourth-order valence-electron chi connectivity index (χ4n) is 4.12. The lowest BCUT2D eigenvalue weighted by molar-refractivity contribution is -0.126. The highest BCUT2D eigenvalue weighted by atomic mass is 32.1. The van der Waals surface area contributed by atoms with Gasteiger partial charge in [-0.1, -0.05) is 36.4 Å². The Balaban J connectivity index is 1.56. The highest BCUT2D eigenvalue weighted by Gasteiger charge is 2.60. The van der Waals surface area contributed by atoms with E-state index >= 15 is 0 Å². The molecule has 30 heavy (non-hydrogen) atoms. The van der Waals surface area contributed by atoms with Gasteiger partial charge in [-0.25, -0.2) is 9.96 Å². The minimum Gasteiger partial charge on any atom is -0.492 e. The summed E-state index contributed by atoms with van der Waals surface area (Å²) in [6.45, 7) is 2.31. The lowest BCUT2D eigenvalue weighted by Gasteiger charge is -2.28. The first-order valence-electron chi connectivity index (χ1n) is 9.84. The number of benzene rings is 2. The van der Waals surface area contributed by atoms with Crippen molar-refractivity contribution in [2.45, 2.75) is 19.1 Å². The molecule has 0 spiro atoms. The molecule has 2 aromatic carbocycles. The Bertz CT molecular complexity index is 1070. The number of imide groups is 1. The van der Waals surface area contributed by atoms with Crippen molar-refractivity contribution in [1.82, 2.24) is 0 Å². The number of ether oxygens (including phenoxy) is 1. The van der Waals surface area contributed by atoms with Crippen LogP contribution in [0.5, 0.6) is 5.75 Å². The predicted octanol–water partition coefficient (Wildman–Crippen LogP) is 4.20. The Kier molecular flexibility index (Phi) is 4.77. The SMILES string of the molecule is CCOc1ccccc1N1C(=O)C2ON(c3ccccc3)C(c3cccs3)C2C1=O. The Hall–Kier alpha value is -3.16. The van der Waals surface area contributed by atoms with E-state index in [0.29, 0.717) is 18.0 Å². The van der Waals surface area contributed by atoms with E-state index in [0.717, 1.165) is 10.6 Å². The molecule has 0 saturated carbocycles. The molecule has 5 rings (SSSR count). The van der Waals surface area contributed by atoms with Crippen molar-refractivity contribution in [3.8, 4) is 5.75 Å². The van der Waals surface area contributed by atoms with Gasteiger partial charge in [-0.05, 0) is 42.6 Å². The standard InChI is InChI=1S/C23H20N2O4S/c1-2-28-17-12-7-6-11-16(17)24-22(26)19-20(18-13-8-14-30-18)25(29-21(19)23(24)27)15-9-4-3-5-10-15/h3-14,19-21H,2H2,1H3. The van der Waals surface area contributed by atoms with Crippen LogP contribution >= 0.6 is 11.3 Å². The van der Waals surface area contributed by atoms with E-state index in [-0.39, 0.29) is 17.9 Å². The van der Waals surface area contributed by atoms with Crippen molar-refractivity contribution in [2.75, 3.05) is 16.6 Å². The van der Waals surface area contributed by atoms with Crippen molar-refractivity contribution in [2.24, 2.45) is 5.92 Å². The van der Waals surface area contributed by atoms with Crippen LogP contribution in [0.2, 0.25) is 0 Å². The van der Waals surface area contributed by atoms with E-state index in [1.165, 1.54) is 4.90 Å². The normalized spacial score (nSPS) is 23.2. The highest BCUT2D eigenvalue weighted by molar-refractivity contribution is 7.10. The van der Waals surface area contributed by atoms with Crippen LogP contribution in [0.4, 0.5) is 11.4 Å². The van der Waals surface area contributed by atoms with Gasteiger partial charge in [0.1, 0.15) is 17.7 Å². The molecule has 2 saturated heterocycles. The van der Waals surface area contributed by atoms with Crippen molar-refractivity contribution >= 4 is 34.5 Å². The molecule has 6 nitrogen and oxygen atoms in total. The minimum absolute atomic E-state index is 0.269.